The van der Waals surface area contributed by atoms with E-state index in [0.717, 1.165) is 11.3 Å². The molecule has 2 heterocycles. The molecule has 5 rings (SSSR count). The molecule has 192 valence electrons. The highest BCUT2D eigenvalue weighted by Gasteiger charge is 2.30. The monoisotopic (exact) mass is 529 g/mol. The van der Waals surface area contributed by atoms with Crippen LogP contribution in [-0.2, 0) is 24.3 Å². The van der Waals surface area contributed by atoms with Crippen LogP contribution in [-0.4, -0.2) is 49.1 Å². The molecule has 38 heavy (non-hydrogen) atoms. The molecule has 2 N–H and O–H groups in total. The summed E-state index contributed by atoms with van der Waals surface area (Å²) in [6, 6.07) is 27.1. The highest BCUT2D eigenvalue weighted by atomic mass is 32.2. The molecule has 0 aliphatic carbocycles. The normalized spacial score (nSPS) is 14.5. The number of esters is 1. The summed E-state index contributed by atoms with van der Waals surface area (Å²) in [6.45, 7) is -0.501. The minimum Gasteiger partial charge on any atom is -0.456 e. The molecule has 0 saturated carbocycles. The first-order valence-corrected chi connectivity index (χ1v) is 13.2. The lowest BCUT2D eigenvalue weighted by molar-refractivity contribution is -0.147. The fourth-order valence-corrected chi connectivity index (χ4v) is 5.14. The van der Waals surface area contributed by atoms with Gasteiger partial charge in [0, 0.05) is 17.2 Å². The summed E-state index contributed by atoms with van der Waals surface area (Å²) < 4.78 is 33.4. The molecule has 4 aromatic rings. The van der Waals surface area contributed by atoms with E-state index in [1.165, 1.54) is 6.07 Å². The van der Waals surface area contributed by atoms with Crippen LogP contribution in [0.15, 0.2) is 101 Å². The third-order valence-electron chi connectivity index (χ3n) is 5.66. The highest BCUT2D eigenvalue weighted by Crippen LogP contribution is 2.25. The molecule has 0 spiro atoms. The Kier molecular flexibility index (Phi) is 7.00. The number of sulfonamides is 1. The first-order valence-electron chi connectivity index (χ1n) is 11.7. The van der Waals surface area contributed by atoms with Gasteiger partial charge in [-0.05, 0) is 24.3 Å². The number of para-hydroxylation sites is 1. The Morgan fingerprint density at radius 1 is 0.947 bits per heavy atom. The van der Waals surface area contributed by atoms with Crippen LogP contribution in [0.25, 0.3) is 16.9 Å². The van der Waals surface area contributed by atoms with Crippen molar-refractivity contribution < 1.29 is 22.7 Å². The van der Waals surface area contributed by atoms with Crippen molar-refractivity contribution in [2.45, 2.75) is 11.3 Å². The number of rotatable bonds is 8. The summed E-state index contributed by atoms with van der Waals surface area (Å²) >= 11 is 0. The number of nitrogens with one attached hydrogen (secondary N) is 2. The number of aliphatic imine (C=N–C) groups is 1. The van der Waals surface area contributed by atoms with Gasteiger partial charge in [0.1, 0.15) is 11.7 Å². The molecule has 0 saturated heterocycles. The van der Waals surface area contributed by atoms with E-state index in [2.05, 4.69) is 20.1 Å². The lowest BCUT2D eigenvalue weighted by Crippen LogP contribution is -2.23. The minimum absolute atomic E-state index is 0.00610. The fraction of sp³-hybridized carbons (Fsp3) is 0.111. The molecule has 1 aromatic heterocycles. The Bertz CT molecular complexity index is 1620. The van der Waals surface area contributed by atoms with Crippen molar-refractivity contribution >= 4 is 33.6 Å². The zero-order valence-corrected chi connectivity index (χ0v) is 20.9. The van der Waals surface area contributed by atoms with E-state index in [1.807, 2.05) is 60.7 Å². The van der Waals surface area contributed by atoms with Crippen LogP contribution in [0.2, 0.25) is 0 Å². The zero-order valence-electron chi connectivity index (χ0n) is 20.1. The van der Waals surface area contributed by atoms with Crippen LogP contribution in [0.5, 0.6) is 0 Å². The first kappa shape index (κ1) is 24.9. The van der Waals surface area contributed by atoms with Gasteiger partial charge in [-0.25, -0.2) is 13.1 Å². The van der Waals surface area contributed by atoms with E-state index < -0.39 is 28.5 Å². The minimum atomic E-state index is -3.65. The van der Waals surface area contributed by atoms with Gasteiger partial charge in [-0.15, -0.1) is 0 Å². The Morgan fingerprint density at radius 2 is 1.63 bits per heavy atom. The van der Waals surface area contributed by atoms with Crippen LogP contribution in [0.1, 0.15) is 12.0 Å². The molecule has 11 heteroatoms. The standard InChI is InChI=1S/C27H23N5O5S/c33-25(18-37-26(34)15-16-28-27-21-13-7-8-14-23(21)38(35,36)31-27)29-24-17-22(19-9-3-1-4-10-19)30-32(24)20-11-5-2-6-12-20/h1-14,17H,15-16,18H2,(H,28,31)(H,29,33). The van der Waals surface area contributed by atoms with Crippen LogP contribution in [0.3, 0.4) is 0 Å². The topological polar surface area (TPSA) is 132 Å². The van der Waals surface area contributed by atoms with Crippen molar-refractivity contribution in [1.82, 2.24) is 14.5 Å². The van der Waals surface area contributed by atoms with Gasteiger partial charge in [0.15, 0.2) is 6.61 Å². The largest absolute Gasteiger partial charge is 0.456 e. The first-order chi connectivity index (χ1) is 18.4. The molecule has 1 aliphatic rings. The van der Waals surface area contributed by atoms with Gasteiger partial charge >= 0.3 is 5.97 Å². The maximum Gasteiger partial charge on any atom is 0.308 e. The number of aromatic nitrogens is 2. The van der Waals surface area contributed by atoms with Gasteiger partial charge in [0.2, 0.25) is 0 Å². The number of anilines is 1. The second-order valence-corrected chi connectivity index (χ2v) is 9.97. The maximum absolute atomic E-state index is 12.6. The third kappa shape index (κ3) is 5.47. The van der Waals surface area contributed by atoms with Gasteiger partial charge in [-0.2, -0.15) is 5.10 Å². The molecule has 0 radical (unpaired) electrons. The van der Waals surface area contributed by atoms with E-state index in [-0.39, 0.29) is 23.7 Å². The second kappa shape index (κ2) is 10.7. The van der Waals surface area contributed by atoms with Gasteiger partial charge in [-0.1, -0.05) is 60.7 Å². The number of hydrogen-bond acceptors (Lipinski definition) is 7. The number of carbonyl (C=O) groups excluding carboxylic acids is 2. The van der Waals surface area contributed by atoms with Crippen molar-refractivity contribution in [1.29, 1.82) is 0 Å². The Balaban J connectivity index is 1.20. The van der Waals surface area contributed by atoms with E-state index >= 15 is 0 Å². The van der Waals surface area contributed by atoms with Crippen LogP contribution in [0, 0.1) is 0 Å². The van der Waals surface area contributed by atoms with E-state index in [9.17, 15) is 18.0 Å². The van der Waals surface area contributed by atoms with Gasteiger partial charge in [-0.3, -0.25) is 19.3 Å². The molecular weight excluding hydrogens is 506 g/mol. The molecule has 0 atom stereocenters. The number of amidine groups is 1. The third-order valence-corrected chi connectivity index (χ3v) is 7.06. The van der Waals surface area contributed by atoms with E-state index in [1.54, 1.807) is 28.9 Å². The summed E-state index contributed by atoms with van der Waals surface area (Å²) in [7, 11) is -3.65. The number of benzene rings is 3. The quantitative estimate of drug-likeness (QED) is 0.337. The number of fused-ring (bicyclic) bond motifs is 1. The number of ether oxygens (including phenoxy) is 1. The average Bonchev–Trinajstić information content (AvgIpc) is 3.47. The molecule has 3 aromatic carbocycles. The van der Waals surface area contributed by atoms with Crippen molar-refractivity contribution in [3.05, 3.63) is 96.6 Å². The summed E-state index contributed by atoms with van der Waals surface area (Å²) in [5, 5.41) is 7.39. The van der Waals surface area contributed by atoms with E-state index in [0.29, 0.717) is 17.1 Å². The highest BCUT2D eigenvalue weighted by molar-refractivity contribution is 7.90. The lowest BCUT2D eigenvalue weighted by Gasteiger charge is -2.09. The molecule has 10 nitrogen and oxygen atoms in total. The number of amides is 1. The smallest absolute Gasteiger partial charge is 0.308 e. The van der Waals surface area contributed by atoms with Gasteiger partial charge < -0.3 is 10.1 Å². The predicted octanol–water partition coefficient (Wildman–Crippen LogP) is 3.15. The Morgan fingerprint density at radius 3 is 2.39 bits per heavy atom. The van der Waals surface area contributed by atoms with Crippen LogP contribution >= 0.6 is 0 Å². The van der Waals surface area contributed by atoms with E-state index in [4.69, 9.17) is 4.74 Å². The summed E-state index contributed by atoms with van der Waals surface area (Å²) in [4.78, 5) is 29.1. The number of nitrogens with zero attached hydrogens (tertiary/aromatic N) is 3. The predicted molar refractivity (Wildman–Crippen MR) is 141 cm³/mol. The van der Waals surface area contributed by atoms with Crippen molar-refractivity contribution in [2.75, 3.05) is 18.5 Å². The van der Waals surface area contributed by atoms with Gasteiger partial charge in [0.05, 0.1) is 29.2 Å². The average molecular weight is 530 g/mol. The molecule has 1 aliphatic heterocycles. The SMILES string of the molecule is O=C(COC(=O)CCN=C1NS(=O)(=O)c2ccccc21)Nc1cc(-c2ccccc2)nn1-c1ccccc1. The molecular formula is C27H23N5O5S. The lowest BCUT2D eigenvalue weighted by atomic mass is 10.2. The van der Waals surface area contributed by atoms with Gasteiger partial charge in [0.25, 0.3) is 15.9 Å². The van der Waals surface area contributed by atoms with Crippen LogP contribution in [0.4, 0.5) is 5.82 Å². The van der Waals surface area contributed by atoms with Crippen molar-refractivity contribution in [3.63, 3.8) is 0 Å². The fourth-order valence-electron chi connectivity index (χ4n) is 3.89. The molecule has 1 amide bonds. The van der Waals surface area contributed by atoms with Crippen molar-refractivity contribution in [2.24, 2.45) is 4.99 Å². The summed E-state index contributed by atoms with van der Waals surface area (Å²) in [6.07, 6.45) is -0.124. The Hall–Kier alpha value is -4.77. The number of hydrogen-bond donors (Lipinski definition) is 2. The maximum atomic E-state index is 12.6. The summed E-state index contributed by atoms with van der Waals surface area (Å²) in [5.41, 5.74) is 2.76. The van der Waals surface area contributed by atoms with Crippen molar-refractivity contribution in [3.8, 4) is 16.9 Å². The molecule has 0 bridgehead atoms. The summed E-state index contributed by atoms with van der Waals surface area (Å²) in [5.74, 6) is -0.566. The zero-order chi connectivity index (χ0) is 26.5. The van der Waals surface area contributed by atoms with Crippen LogP contribution < -0.4 is 10.0 Å². The molecule has 0 fully saturated rings. The Labute approximate surface area is 219 Å². The second-order valence-electron chi connectivity index (χ2n) is 8.32. The number of carbonyl (C=O) groups is 2. The molecule has 0 unspecified atom stereocenters.